The van der Waals surface area contributed by atoms with Crippen LogP contribution in [0.3, 0.4) is 0 Å². The van der Waals surface area contributed by atoms with E-state index in [-0.39, 0.29) is 22.6 Å². The number of hydrogen-bond donors (Lipinski definition) is 0. The normalized spacial score (nSPS) is 10.8. The van der Waals surface area contributed by atoms with Crippen LogP contribution in [0.4, 0.5) is 8.78 Å². The molecule has 0 saturated heterocycles. The molecule has 0 amide bonds. The summed E-state index contributed by atoms with van der Waals surface area (Å²) in [7, 11) is 1.26. The lowest BCUT2D eigenvalue weighted by Crippen LogP contribution is -2.00. The zero-order valence-corrected chi connectivity index (χ0v) is 10.9. The molecular formula is C15H9F2NO3. The van der Waals surface area contributed by atoms with E-state index in [1.165, 1.54) is 19.2 Å². The molecule has 0 unspecified atom stereocenters. The average molecular weight is 289 g/mol. The van der Waals surface area contributed by atoms with Gasteiger partial charge in [0.25, 0.3) is 0 Å². The van der Waals surface area contributed by atoms with E-state index in [1.54, 1.807) is 6.07 Å². The summed E-state index contributed by atoms with van der Waals surface area (Å²) in [5.74, 6) is -1.81. The second-order valence-corrected chi connectivity index (χ2v) is 4.32. The van der Waals surface area contributed by atoms with E-state index in [9.17, 15) is 13.6 Å². The van der Waals surface area contributed by atoms with Gasteiger partial charge in [0.1, 0.15) is 17.2 Å². The first-order chi connectivity index (χ1) is 10.1. The fraction of sp³-hybridized carbons (Fsp3) is 0.0667. The molecule has 21 heavy (non-hydrogen) atoms. The van der Waals surface area contributed by atoms with Crippen LogP contribution in [0.1, 0.15) is 10.4 Å². The molecule has 0 radical (unpaired) electrons. The van der Waals surface area contributed by atoms with Gasteiger partial charge in [-0.3, -0.25) is 0 Å². The summed E-state index contributed by atoms with van der Waals surface area (Å²) in [4.78, 5) is 15.5. The predicted octanol–water partition coefficient (Wildman–Crippen LogP) is 3.56. The monoisotopic (exact) mass is 289 g/mol. The van der Waals surface area contributed by atoms with E-state index < -0.39 is 17.6 Å². The van der Waals surface area contributed by atoms with Gasteiger partial charge in [-0.05, 0) is 36.4 Å². The molecule has 1 heterocycles. The standard InChI is InChI=1S/C15H9F2NO3/c1-20-15(19)8-2-5-12-13(6-8)21-14(18-12)10-7-9(16)3-4-11(10)17/h2-7H,1H3. The Kier molecular flexibility index (Phi) is 3.13. The number of halogens is 2. The highest BCUT2D eigenvalue weighted by molar-refractivity contribution is 5.93. The van der Waals surface area contributed by atoms with Crippen molar-refractivity contribution < 1.29 is 22.7 Å². The highest BCUT2D eigenvalue weighted by Crippen LogP contribution is 2.27. The molecule has 3 rings (SSSR count). The molecule has 0 bridgehead atoms. The van der Waals surface area contributed by atoms with Gasteiger partial charge in [-0.25, -0.2) is 18.6 Å². The Labute approximate surface area is 118 Å². The van der Waals surface area contributed by atoms with Gasteiger partial charge in [-0.15, -0.1) is 0 Å². The number of esters is 1. The van der Waals surface area contributed by atoms with Crippen molar-refractivity contribution in [2.75, 3.05) is 7.11 Å². The molecule has 3 aromatic rings. The van der Waals surface area contributed by atoms with Crippen molar-refractivity contribution >= 4 is 17.1 Å². The van der Waals surface area contributed by atoms with Crippen molar-refractivity contribution in [3.05, 3.63) is 53.6 Å². The van der Waals surface area contributed by atoms with Gasteiger partial charge < -0.3 is 9.15 Å². The number of fused-ring (bicyclic) bond motifs is 1. The van der Waals surface area contributed by atoms with Crippen molar-refractivity contribution in [2.45, 2.75) is 0 Å². The molecule has 0 atom stereocenters. The molecule has 0 spiro atoms. The van der Waals surface area contributed by atoms with E-state index >= 15 is 0 Å². The SMILES string of the molecule is COC(=O)c1ccc2nc(-c3cc(F)ccc3F)oc2c1. The van der Waals surface area contributed by atoms with E-state index in [0.717, 1.165) is 18.2 Å². The third-order valence-corrected chi connectivity index (χ3v) is 2.97. The van der Waals surface area contributed by atoms with Crippen molar-refractivity contribution in [2.24, 2.45) is 0 Å². The number of benzene rings is 2. The van der Waals surface area contributed by atoms with Crippen LogP contribution in [0.2, 0.25) is 0 Å². The minimum absolute atomic E-state index is 0.0518. The second-order valence-electron chi connectivity index (χ2n) is 4.32. The van der Waals surface area contributed by atoms with Crippen molar-refractivity contribution in [3.8, 4) is 11.5 Å². The number of rotatable bonds is 2. The molecule has 6 heteroatoms. The largest absolute Gasteiger partial charge is 0.465 e. The summed E-state index contributed by atoms with van der Waals surface area (Å²) < 4.78 is 36.9. The first kappa shape index (κ1) is 13.2. The van der Waals surface area contributed by atoms with Crippen LogP contribution in [0.15, 0.2) is 40.8 Å². The smallest absolute Gasteiger partial charge is 0.337 e. The van der Waals surface area contributed by atoms with Gasteiger partial charge in [0.15, 0.2) is 5.58 Å². The number of ether oxygens (including phenoxy) is 1. The molecule has 0 aliphatic rings. The summed E-state index contributed by atoms with van der Waals surface area (Å²) >= 11 is 0. The van der Waals surface area contributed by atoms with Gasteiger partial charge in [-0.1, -0.05) is 0 Å². The van der Waals surface area contributed by atoms with Gasteiger partial charge in [0.2, 0.25) is 5.89 Å². The maximum atomic E-state index is 13.7. The van der Waals surface area contributed by atoms with Crippen LogP contribution < -0.4 is 0 Å². The molecule has 0 aliphatic carbocycles. The second kappa shape index (κ2) is 4.97. The fourth-order valence-electron chi connectivity index (χ4n) is 1.95. The Morgan fingerprint density at radius 1 is 1.19 bits per heavy atom. The van der Waals surface area contributed by atoms with E-state index in [4.69, 9.17) is 4.42 Å². The lowest BCUT2D eigenvalue weighted by Gasteiger charge is -1.97. The minimum atomic E-state index is -0.642. The maximum Gasteiger partial charge on any atom is 0.337 e. The van der Waals surface area contributed by atoms with Crippen LogP contribution in [-0.4, -0.2) is 18.1 Å². The van der Waals surface area contributed by atoms with Crippen molar-refractivity contribution in [3.63, 3.8) is 0 Å². The van der Waals surface area contributed by atoms with Crippen LogP contribution >= 0.6 is 0 Å². The molecule has 0 fully saturated rings. The summed E-state index contributed by atoms with van der Waals surface area (Å²) in [5.41, 5.74) is 0.927. The zero-order chi connectivity index (χ0) is 15.0. The van der Waals surface area contributed by atoms with E-state index in [2.05, 4.69) is 9.72 Å². The zero-order valence-electron chi connectivity index (χ0n) is 10.9. The topological polar surface area (TPSA) is 52.3 Å². The molecule has 106 valence electrons. The van der Waals surface area contributed by atoms with Crippen molar-refractivity contribution in [1.29, 1.82) is 0 Å². The Balaban J connectivity index is 2.13. The third kappa shape index (κ3) is 2.35. The summed E-state index contributed by atoms with van der Waals surface area (Å²) in [6.45, 7) is 0. The minimum Gasteiger partial charge on any atom is -0.465 e. The summed E-state index contributed by atoms with van der Waals surface area (Å²) in [6.07, 6.45) is 0. The van der Waals surface area contributed by atoms with Crippen LogP contribution in [-0.2, 0) is 4.74 Å². The van der Waals surface area contributed by atoms with Gasteiger partial charge in [0.05, 0.1) is 18.2 Å². The molecule has 0 aliphatic heterocycles. The number of hydrogen-bond acceptors (Lipinski definition) is 4. The van der Waals surface area contributed by atoms with E-state index in [1.807, 2.05) is 0 Å². The predicted molar refractivity (Wildman–Crippen MR) is 70.7 cm³/mol. The van der Waals surface area contributed by atoms with E-state index in [0.29, 0.717) is 5.52 Å². The lowest BCUT2D eigenvalue weighted by atomic mass is 10.2. The molecule has 0 saturated carbocycles. The Morgan fingerprint density at radius 2 is 2.00 bits per heavy atom. The Morgan fingerprint density at radius 3 is 2.76 bits per heavy atom. The first-order valence-electron chi connectivity index (χ1n) is 6.03. The van der Waals surface area contributed by atoms with Crippen LogP contribution in [0.25, 0.3) is 22.6 Å². The number of aromatic nitrogens is 1. The number of carbonyl (C=O) groups is 1. The molecule has 2 aromatic carbocycles. The fourth-order valence-corrected chi connectivity index (χ4v) is 1.95. The van der Waals surface area contributed by atoms with Gasteiger partial charge in [0, 0.05) is 0 Å². The van der Waals surface area contributed by atoms with Gasteiger partial charge in [-0.2, -0.15) is 0 Å². The highest BCUT2D eigenvalue weighted by atomic mass is 19.1. The highest BCUT2D eigenvalue weighted by Gasteiger charge is 2.15. The molecule has 0 N–H and O–H groups in total. The molecular weight excluding hydrogens is 280 g/mol. The molecule has 1 aromatic heterocycles. The Bertz CT molecular complexity index is 842. The van der Waals surface area contributed by atoms with Crippen molar-refractivity contribution in [1.82, 2.24) is 4.98 Å². The van der Waals surface area contributed by atoms with Crippen LogP contribution in [0.5, 0.6) is 0 Å². The summed E-state index contributed by atoms with van der Waals surface area (Å²) in [6, 6.07) is 7.51. The van der Waals surface area contributed by atoms with Gasteiger partial charge >= 0.3 is 5.97 Å². The Hall–Kier alpha value is -2.76. The third-order valence-electron chi connectivity index (χ3n) is 2.97. The molecule has 4 nitrogen and oxygen atoms in total. The maximum absolute atomic E-state index is 13.7. The number of nitrogens with zero attached hydrogens (tertiary/aromatic N) is 1. The lowest BCUT2D eigenvalue weighted by molar-refractivity contribution is 0.0601. The summed E-state index contributed by atoms with van der Waals surface area (Å²) in [5, 5.41) is 0. The quantitative estimate of drug-likeness (QED) is 0.677. The van der Waals surface area contributed by atoms with Crippen LogP contribution in [0, 0.1) is 11.6 Å². The first-order valence-corrected chi connectivity index (χ1v) is 6.03. The number of carbonyl (C=O) groups excluding carboxylic acids is 1. The number of oxazole rings is 1. The average Bonchev–Trinajstić information content (AvgIpc) is 2.91. The number of methoxy groups -OCH3 is 1.